The summed E-state index contributed by atoms with van der Waals surface area (Å²) in [7, 11) is 1.77. The van der Waals surface area contributed by atoms with Crippen molar-refractivity contribution in [1.29, 1.82) is 0 Å². The number of likely N-dealkylation sites (N-methyl/N-ethyl adjacent to an activating group) is 1. The standard InChI is InChI=1S/C17H14INO2/c1-11-3-5-12(6-4-11)14-15(18)16(21)19(2)17(14)9-7-13(20)8-10-17/h3-10H,1-2H3. The molecule has 1 aliphatic heterocycles. The quantitative estimate of drug-likeness (QED) is 0.691. The summed E-state index contributed by atoms with van der Waals surface area (Å²) in [6.07, 6.45) is 6.70. The van der Waals surface area contributed by atoms with Crippen molar-refractivity contribution in [2.45, 2.75) is 12.5 Å². The van der Waals surface area contributed by atoms with Gasteiger partial charge in [0.15, 0.2) is 5.78 Å². The number of nitrogens with zero attached hydrogens (tertiary/aromatic N) is 1. The summed E-state index contributed by atoms with van der Waals surface area (Å²) >= 11 is 2.10. The van der Waals surface area contributed by atoms with Crippen molar-refractivity contribution in [3.63, 3.8) is 0 Å². The molecule has 1 spiro atoms. The number of hydrogen-bond acceptors (Lipinski definition) is 2. The Labute approximate surface area is 137 Å². The lowest BCUT2D eigenvalue weighted by Gasteiger charge is -2.34. The van der Waals surface area contributed by atoms with E-state index in [2.05, 4.69) is 22.6 Å². The van der Waals surface area contributed by atoms with Crippen molar-refractivity contribution >= 4 is 39.9 Å². The Morgan fingerprint density at radius 3 is 2.19 bits per heavy atom. The van der Waals surface area contributed by atoms with Gasteiger partial charge in [-0.2, -0.15) is 0 Å². The lowest BCUT2D eigenvalue weighted by Crippen LogP contribution is -2.43. The van der Waals surface area contributed by atoms with E-state index in [4.69, 9.17) is 0 Å². The molecule has 1 aromatic rings. The fourth-order valence-corrected chi connectivity index (χ4v) is 3.87. The van der Waals surface area contributed by atoms with Crippen LogP contribution < -0.4 is 0 Å². The second-order valence-electron chi connectivity index (χ2n) is 5.31. The maximum absolute atomic E-state index is 12.4. The Bertz CT molecular complexity index is 710. The molecule has 0 unspecified atom stereocenters. The molecule has 2 aliphatic rings. The van der Waals surface area contributed by atoms with E-state index in [1.54, 1.807) is 11.9 Å². The Balaban J connectivity index is 2.21. The third-order valence-corrected chi connectivity index (χ3v) is 5.01. The fourth-order valence-electron chi connectivity index (χ4n) is 2.76. The number of allylic oxidation sites excluding steroid dienone is 2. The Hall–Kier alpha value is -1.69. The third kappa shape index (κ3) is 2.09. The third-order valence-electron chi connectivity index (χ3n) is 4.01. The second-order valence-corrected chi connectivity index (χ2v) is 6.39. The number of hydrogen-bond donors (Lipinski definition) is 0. The summed E-state index contributed by atoms with van der Waals surface area (Å²) < 4.78 is 0.697. The average molecular weight is 391 g/mol. The van der Waals surface area contributed by atoms with Gasteiger partial charge in [-0.1, -0.05) is 29.8 Å². The molecule has 0 atom stereocenters. The Kier molecular flexibility index (Phi) is 3.36. The molecule has 0 radical (unpaired) electrons. The van der Waals surface area contributed by atoms with Crippen molar-refractivity contribution in [2.75, 3.05) is 7.05 Å². The second kappa shape index (κ2) is 4.94. The lowest BCUT2D eigenvalue weighted by molar-refractivity contribution is -0.125. The van der Waals surface area contributed by atoms with Crippen LogP contribution in [0.2, 0.25) is 0 Å². The minimum absolute atomic E-state index is 0.0187. The molecule has 0 N–H and O–H groups in total. The highest BCUT2D eigenvalue weighted by molar-refractivity contribution is 14.1. The molecule has 1 amide bonds. The number of benzene rings is 1. The maximum atomic E-state index is 12.4. The fraction of sp³-hybridized carbons (Fsp3) is 0.176. The number of halogens is 1. The zero-order chi connectivity index (χ0) is 15.2. The first-order valence-electron chi connectivity index (χ1n) is 6.63. The molecule has 3 nitrogen and oxygen atoms in total. The van der Waals surface area contributed by atoms with Gasteiger partial charge >= 0.3 is 0 Å². The van der Waals surface area contributed by atoms with Crippen LogP contribution >= 0.6 is 22.6 Å². The molecule has 4 heteroatoms. The van der Waals surface area contributed by atoms with Gasteiger partial charge in [-0.3, -0.25) is 9.59 Å². The van der Waals surface area contributed by atoms with Crippen LogP contribution in [-0.2, 0) is 9.59 Å². The molecule has 0 aromatic heterocycles. The SMILES string of the molecule is Cc1ccc(C2=C(I)C(=O)N(C)C23C=CC(=O)C=C3)cc1. The van der Waals surface area contributed by atoms with Gasteiger partial charge in [-0.15, -0.1) is 0 Å². The van der Waals surface area contributed by atoms with Crippen LogP contribution in [0, 0.1) is 6.92 Å². The predicted octanol–water partition coefficient (Wildman–Crippen LogP) is 3.05. The average Bonchev–Trinajstić information content (AvgIpc) is 2.66. The monoisotopic (exact) mass is 391 g/mol. The summed E-state index contributed by atoms with van der Waals surface area (Å²) in [5.41, 5.74) is 2.46. The number of amides is 1. The van der Waals surface area contributed by atoms with E-state index in [1.807, 2.05) is 43.3 Å². The van der Waals surface area contributed by atoms with Gasteiger partial charge < -0.3 is 4.90 Å². The largest absolute Gasteiger partial charge is 0.324 e. The summed E-state index contributed by atoms with van der Waals surface area (Å²) in [6.45, 7) is 2.03. The van der Waals surface area contributed by atoms with Gasteiger partial charge in [0, 0.05) is 12.6 Å². The summed E-state index contributed by atoms with van der Waals surface area (Å²) in [5, 5.41) is 0. The molecule has 3 rings (SSSR count). The molecule has 0 saturated carbocycles. The summed E-state index contributed by atoms with van der Waals surface area (Å²) in [5.74, 6) is -0.0681. The first-order chi connectivity index (χ1) is 9.95. The zero-order valence-corrected chi connectivity index (χ0v) is 13.9. The van der Waals surface area contributed by atoms with Gasteiger partial charge in [0.25, 0.3) is 5.91 Å². The van der Waals surface area contributed by atoms with Crippen LogP contribution in [0.1, 0.15) is 11.1 Å². The molecule has 0 fully saturated rings. The van der Waals surface area contributed by atoms with Gasteiger partial charge in [0.2, 0.25) is 0 Å². The van der Waals surface area contributed by atoms with E-state index in [1.165, 1.54) is 17.7 Å². The Morgan fingerprint density at radius 1 is 1.05 bits per heavy atom. The van der Waals surface area contributed by atoms with E-state index in [0.29, 0.717) is 3.58 Å². The van der Waals surface area contributed by atoms with E-state index < -0.39 is 5.54 Å². The molecule has 0 bridgehead atoms. The first-order valence-corrected chi connectivity index (χ1v) is 7.71. The maximum Gasteiger partial charge on any atom is 0.261 e. The highest BCUT2D eigenvalue weighted by atomic mass is 127. The zero-order valence-electron chi connectivity index (χ0n) is 11.8. The molecular weight excluding hydrogens is 377 g/mol. The van der Waals surface area contributed by atoms with Crippen molar-refractivity contribution in [3.8, 4) is 0 Å². The molecule has 21 heavy (non-hydrogen) atoms. The van der Waals surface area contributed by atoms with Crippen LogP contribution in [0.5, 0.6) is 0 Å². The van der Waals surface area contributed by atoms with Gasteiger partial charge in [0.05, 0.1) is 3.58 Å². The molecule has 106 valence electrons. The number of carbonyl (C=O) groups excluding carboxylic acids is 2. The van der Waals surface area contributed by atoms with Crippen molar-refractivity contribution in [1.82, 2.24) is 4.90 Å². The van der Waals surface area contributed by atoms with E-state index in [9.17, 15) is 9.59 Å². The number of aryl methyl sites for hydroxylation is 1. The van der Waals surface area contributed by atoms with Crippen molar-refractivity contribution < 1.29 is 9.59 Å². The minimum Gasteiger partial charge on any atom is -0.324 e. The van der Waals surface area contributed by atoms with Crippen LogP contribution in [-0.4, -0.2) is 29.2 Å². The summed E-state index contributed by atoms with van der Waals surface area (Å²) in [6, 6.07) is 8.11. The molecule has 1 heterocycles. The number of ketones is 1. The molecule has 1 aromatic carbocycles. The minimum atomic E-state index is -0.656. The van der Waals surface area contributed by atoms with Crippen LogP contribution in [0.15, 0.2) is 52.1 Å². The number of carbonyl (C=O) groups is 2. The normalized spacial score (nSPS) is 20.0. The topological polar surface area (TPSA) is 37.4 Å². The highest BCUT2D eigenvalue weighted by Crippen LogP contribution is 2.46. The van der Waals surface area contributed by atoms with Crippen molar-refractivity contribution in [2.24, 2.45) is 0 Å². The molecule has 0 saturated heterocycles. The van der Waals surface area contributed by atoms with Crippen molar-refractivity contribution in [3.05, 3.63) is 63.3 Å². The van der Waals surface area contributed by atoms with Gasteiger partial charge in [-0.25, -0.2) is 0 Å². The van der Waals surface area contributed by atoms with E-state index in [-0.39, 0.29) is 11.7 Å². The lowest BCUT2D eigenvalue weighted by atomic mass is 9.82. The first kappa shape index (κ1) is 14.3. The predicted molar refractivity (Wildman–Crippen MR) is 90.9 cm³/mol. The number of rotatable bonds is 1. The van der Waals surface area contributed by atoms with Crippen LogP contribution in [0.25, 0.3) is 5.57 Å². The Morgan fingerprint density at radius 2 is 1.62 bits per heavy atom. The summed E-state index contributed by atoms with van der Waals surface area (Å²) in [4.78, 5) is 25.6. The van der Waals surface area contributed by atoms with Crippen LogP contribution in [0.3, 0.4) is 0 Å². The molecular formula is C17H14INO2. The van der Waals surface area contributed by atoms with E-state index in [0.717, 1.165) is 11.1 Å². The molecule has 1 aliphatic carbocycles. The van der Waals surface area contributed by atoms with Gasteiger partial charge in [-0.05, 0) is 59.4 Å². The highest BCUT2D eigenvalue weighted by Gasteiger charge is 2.47. The van der Waals surface area contributed by atoms with Crippen LogP contribution in [0.4, 0.5) is 0 Å². The smallest absolute Gasteiger partial charge is 0.261 e. The van der Waals surface area contributed by atoms with E-state index >= 15 is 0 Å². The van der Waals surface area contributed by atoms with Gasteiger partial charge in [0.1, 0.15) is 5.54 Å².